The maximum Gasteiger partial charge on any atom is 0.268 e. The summed E-state index contributed by atoms with van der Waals surface area (Å²) in [6.45, 7) is 3.18. The SMILES string of the molecule is Cc1ccn(-c2cccnc2)c(=O)c1C(=O)NC1CCN(c2nccc(C3CC3)n2)C1. The lowest BCUT2D eigenvalue weighted by molar-refractivity contribution is 0.0938. The minimum atomic E-state index is -0.347. The Morgan fingerprint density at radius 2 is 2.03 bits per heavy atom. The summed E-state index contributed by atoms with van der Waals surface area (Å²) in [6.07, 6.45) is 9.91. The first kappa shape index (κ1) is 19.4. The molecule has 1 aliphatic heterocycles. The topological polar surface area (TPSA) is 93.0 Å². The highest BCUT2D eigenvalue weighted by molar-refractivity contribution is 5.95. The van der Waals surface area contributed by atoms with Crippen molar-refractivity contribution in [3.05, 3.63) is 76.2 Å². The number of hydrogen-bond donors (Lipinski definition) is 1. The Labute approximate surface area is 180 Å². The summed E-state index contributed by atoms with van der Waals surface area (Å²) in [5, 5.41) is 3.04. The van der Waals surface area contributed by atoms with Crippen LogP contribution in [0.5, 0.6) is 0 Å². The number of hydrogen-bond acceptors (Lipinski definition) is 6. The number of carbonyl (C=O) groups is 1. The van der Waals surface area contributed by atoms with Gasteiger partial charge in [-0.2, -0.15) is 0 Å². The fourth-order valence-electron chi connectivity index (χ4n) is 4.04. The first-order valence-corrected chi connectivity index (χ1v) is 10.6. The number of carbonyl (C=O) groups excluding carboxylic acids is 1. The van der Waals surface area contributed by atoms with Gasteiger partial charge in [-0.15, -0.1) is 0 Å². The van der Waals surface area contributed by atoms with Gasteiger partial charge in [0, 0.05) is 49.3 Å². The van der Waals surface area contributed by atoms with Crippen molar-refractivity contribution in [3.8, 4) is 5.69 Å². The predicted octanol–water partition coefficient (Wildman–Crippen LogP) is 2.22. The van der Waals surface area contributed by atoms with Gasteiger partial charge >= 0.3 is 0 Å². The van der Waals surface area contributed by atoms with E-state index in [9.17, 15) is 9.59 Å². The molecule has 1 N–H and O–H groups in total. The van der Waals surface area contributed by atoms with E-state index in [1.54, 1.807) is 43.7 Å². The Kier molecular flexibility index (Phi) is 4.97. The molecule has 0 radical (unpaired) electrons. The third-order valence-electron chi connectivity index (χ3n) is 5.92. The molecule has 1 amide bonds. The molecule has 31 heavy (non-hydrogen) atoms. The van der Waals surface area contributed by atoms with E-state index in [1.165, 1.54) is 17.4 Å². The highest BCUT2D eigenvalue weighted by atomic mass is 16.2. The first-order chi connectivity index (χ1) is 15.1. The molecular formula is C23H24N6O2. The van der Waals surface area contributed by atoms with Crippen LogP contribution in [0.3, 0.4) is 0 Å². The molecule has 3 aromatic rings. The summed E-state index contributed by atoms with van der Waals surface area (Å²) in [5.74, 6) is 0.944. The standard InChI is InChI=1S/C23H24N6O2/c1-15-7-12-29(18-3-2-9-24-13-18)22(31)20(15)21(30)26-17-8-11-28(14-17)23-25-10-6-19(27-23)16-4-5-16/h2-3,6-7,9-10,12-13,16-17H,4-5,8,11,14H2,1H3,(H,26,30). The number of nitrogens with zero attached hydrogens (tertiary/aromatic N) is 5. The highest BCUT2D eigenvalue weighted by Crippen LogP contribution is 2.39. The number of amides is 1. The second-order valence-corrected chi connectivity index (χ2v) is 8.22. The average molecular weight is 416 g/mol. The van der Waals surface area contributed by atoms with Crippen LogP contribution in [0, 0.1) is 6.92 Å². The second kappa shape index (κ2) is 7.94. The fraction of sp³-hybridized carbons (Fsp3) is 0.348. The van der Waals surface area contributed by atoms with E-state index in [4.69, 9.17) is 4.98 Å². The van der Waals surface area contributed by atoms with Gasteiger partial charge in [0.2, 0.25) is 5.95 Å². The van der Waals surface area contributed by atoms with Crippen LogP contribution in [0.4, 0.5) is 5.95 Å². The van der Waals surface area contributed by atoms with Gasteiger partial charge in [-0.25, -0.2) is 9.97 Å². The van der Waals surface area contributed by atoms with Crippen LogP contribution >= 0.6 is 0 Å². The normalized spacial score (nSPS) is 18.2. The summed E-state index contributed by atoms with van der Waals surface area (Å²) < 4.78 is 1.45. The van der Waals surface area contributed by atoms with Crippen LogP contribution < -0.4 is 15.8 Å². The lowest BCUT2D eigenvalue weighted by Gasteiger charge is -2.18. The van der Waals surface area contributed by atoms with Crippen molar-refractivity contribution < 1.29 is 4.79 Å². The molecule has 1 unspecified atom stereocenters. The van der Waals surface area contributed by atoms with Gasteiger partial charge in [0.15, 0.2) is 0 Å². The zero-order valence-electron chi connectivity index (χ0n) is 17.4. The van der Waals surface area contributed by atoms with Gasteiger partial charge in [0.1, 0.15) is 5.56 Å². The Morgan fingerprint density at radius 1 is 1.16 bits per heavy atom. The van der Waals surface area contributed by atoms with Crippen LogP contribution in [0.25, 0.3) is 5.69 Å². The number of nitrogens with one attached hydrogen (secondary N) is 1. The molecule has 1 saturated carbocycles. The van der Waals surface area contributed by atoms with Gasteiger partial charge in [-0.1, -0.05) is 0 Å². The molecule has 2 aliphatic rings. The number of aryl methyl sites for hydroxylation is 1. The summed E-state index contributed by atoms with van der Waals surface area (Å²) in [4.78, 5) is 41.4. The molecular weight excluding hydrogens is 392 g/mol. The van der Waals surface area contributed by atoms with Crippen molar-refractivity contribution in [1.82, 2.24) is 24.8 Å². The van der Waals surface area contributed by atoms with E-state index in [0.717, 1.165) is 24.6 Å². The molecule has 8 nitrogen and oxygen atoms in total. The lowest BCUT2D eigenvalue weighted by Crippen LogP contribution is -2.41. The average Bonchev–Trinajstić information content (AvgIpc) is 3.54. The molecule has 5 rings (SSSR count). The van der Waals surface area contributed by atoms with Crippen LogP contribution in [0.15, 0.2) is 53.8 Å². The molecule has 0 bridgehead atoms. The summed E-state index contributed by atoms with van der Waals surface area (Å²) >= 11 is 0. The van der Waals surface area contributed by atoms with E-state index in [0.29, 0.717) is 23.7 Å². The van der Waals surface area contributed by atoms with Gasteiger partial charge in [-0.3, -0.25) is 19.1 Å². The van der Waals surface area contributed by atoms with Crippen LogP contribution in [-0.2, 0) is 0 Å². The third-order valence-corrected chi connectivity index (χ3v) is 5.92. The Bertz CT molecular complexity index is 1170. The maximum atomic E-state index is 13.0. The molecule has 4 heterocycles. The molecule has 0 aromatic carbocycles. The monoisotopic (exact) mass is 416 g/mol. The van der Waals surface area contributed by atoms with Crippen molar-refractivity contribution >= 4 is 11.9 Å². The van der Waals surface area contributed by atoms with Crippen molar-refractivity contribution in [3.63, 3.8) is 0 Å². The maximum absolute atomic E-state index is 13.0. The van der Waals surface area contributed by atoms with E-state index >= 15 is 0 Å². The smallest absolute Gasteiger partial charge is 0.268 e. The molecule has 2 fully saturated rings. The number of anilines is 1. The number of aromatic nitrogens is 4. The van der Waals surface area contributed by atoms with Crippen molar-refractivity contribution in [1.29, 1.82) is 0 Å². The van der Waals surface area contributed by atoms with E-state index < -0.39 is 0 Å². The van der Waals surface area contributed by atoms with Gasteiger partial charge < -0.3 is 10.2 Å². The van der Waals surface area contributed by atoms with Crippen LogP contribution in [-0.4, -0.2) is 44.6 Å². The summed E-state index contributed by atoms with van der Waals surface area (Å²) in [6, 6.07) is 7.25. The zero-order chi connectivity index (χ0) is 21.4. The highest BCUT2D eigenvalue weighted by Gasteiger charge is 2.29. The summed E-state index contributed by atoms with van der Waals surface area (Å²) in [5.41, 5.74) is 2.20. The van der Waals surface area contributed by atoms with E-state index in [-0.39, 0.29) is 23.1 Å². The van der Waals surface area contributed by atoms with Crippen molar-refractivity contribution in [2.45, 2.75) is 38.1 Å². The van der Waals surface area contributed by atoms with E-state index in [1.807, 2.05) is 12.3 Å². The third kappa shape index (κ3) is 3.93. The molecule has 1 aliphatic carbocycles. The van der Waals surface area contributed by atoms with Gasteiger partial charge in [0.05, 0.1) is 11.9 Å². The molecule has 1 atom stereocenters. The van der Waals surface area contributed by atoms with Gasteiger partial charge in [0.25, 0.3) is 11.5 Å². The van der Waals surface area contributed by atoms with Crippen molar-refractivity contribution in [2.75, 3.05) is 18.0 Å². The number of rotatable bonds is 5. The van der Waals surface area contributed by atoms with Crippen molar-refractivity contribution in [2.24, 2.45) is 0 Å². The number of pyridine rings is 2. The Hall–Kier alpha value is -3.55. The quantitative estimate of drug-likeness (QED) is 0.686. The summed E-state index contributed by atoms with van der Waals surface area (Å²) in [7, 11) is 0. The first-order valence-electron chi connectivity index (χ1n) is 10.6. The minimum Gasteiger partial charge on any atom is -0.347 e. The van der Waals surface area contributed by atoms with E-state index in [2.05, 4.69) is 20.2 Å². The Morgan fingerprint density at radius 3 is 2.81 bits per heavy atom. The lowest BCUT2D eigenvalue weighted by atomic mass is 10.1. The van der Waals surface area contributed by atoms with Crippen LogP contribution in [0.1, 0.15) is 46.8 Å². The second-order valence-electron chi connectivity index (χ2n) is 8.22. The molecule has 8 heteroatoms. The molecule has 1 saturated heterocycles. The largest absolute Gasteiger partial charge is 0.347 e. The van der Waals surface area contributed by atoms with Crippen LogP contribution in [0.2, 0.25) is 0 Å². The molecule has 0 spiro atoms. The fourth-order valence-corrected chi connectivity index (χ4v) is 4.04. The molecule has 3 aromatic heterocycles. The molecule has 158 valence electrons. The minimum absolute atomic E-state index is 0.0634. The Balaban J connectivity index is 1.32. The van der Waals surface area contributed by atoms with Gasteiger partial charge in [-0.05, 0) is 56.0 Å². The zero-order valence-corrected chi connectivity index (χ0v) is 17.4. The predicted molar refractivity (Wildman–Crippen MR) is 117 cm³/mol.